The number of aryl methyl sites for hydroxylation is 1. The van der Waals surface area contributed by atoms with Crippen molar-refractivity contribution in [3.63, 3.8) is 0 Å². The molecule has 1 aromatic heterocycles. The number of hydrogen-bond donors (Lipinski definition) is 0. The number of rotatable bonds is 2. The minimum absolute atomic E-state index is 0.00963. The lowest BCUT2D eigenvalue weighted by atomic mass is 9.75. The molecular formula is C19H22N+. The van der Waals surface area contributed by atoms with Gasteiger partial charge < -0.3 is 0 Å². The first-order chi connectivity index (χ1) is 9.65. The van der Waals surface area contributed by atoms with E-state index in [-0.39, 0.29) is 5.54 Å². The fourth-order valence-corrected chi connectivity index (χ4v) is 3.68. The summed E-state index contributed by atoms with van der Waals surface area (Å²) in [5.41, 5.74) is 6.56. The number of aromatic nitrogens is 1. The molecule has 1 nitrogen and oxygen atoms in total. The maximum atomic E-state index is 4.46. The Morgan fingerprint density at radius 2 is 1.65 bits per heavy atom. The van der Waals surface area contributed by atoms with E-state index in [1.807, 2.05) is 0 Å². The van der Waals surface area contributed by atoms with E-state index in [0.29, 0.717) is 0 Å². The lowest BCUT2D eigenvalue weighted by Crippen LogP contribution is -2.59. The predicted octanol–water partition coefficient (Wildman–Crippen LogP) is 4.49. The van der Waals surface area contributed by atoms with Crippen molar-refractivity contribution in [2.75, 3.05) is 0 Å². The van der Waals surface area contributed by atoms with Crippen LogP contribution in [0.25, 0.3) is 16.8 Å². The average Bonchev–Trinajstić information content (AvgIpc) is 2.49. The molecule has 0 fully saturated rings. The second-order valence-electron chi connectivity index (χ2n) is 5.67. The fourth-order valence-electron chi connectivity index (χ4n) is 3.68. The molecule has 1 aliphatic rings. The molecule has 0 saturated heterocycles. The maximum Gasteiger partial charge on any atom is 0.216 e. The van der Waals surface area contributed by atoms with Crippen LogP contribution >= 0.6 is 0 Å². The molecule has 3 rings (SSSR count). The molecule has 2 aromatic rings. The van der Waals surface area contributed by atoms with E-state index in [1.165, 1.54) is 28.0 Å². The standard InChI is InChI=1S/C19H22N/c1-5-19(6-2)15(4)16-11-7-8-12-17(16)18-14(3)10-9-13-20(18)19/h7-13H,4-6H2,1-3H3/q+1. The van der Waals surface area contributed by atoms with Gasteiger partial charge in [-0.25, -0.2) is 0 Å². The van der Waals surface area contributed by atoms with Gasteiger partial charge in [0.1, 0.15) is 0 Å². The van der Waals surface area contributed by atoms with E-state index in [1.54, 1.807) is 0 Å². The van der Waals surface area contributed by atoms with E-state index >= 15 is 0 Å². The van der Waals surface area contributed by atoms with Crippen LogP contribution in [-0.2, 0) is 5.54 Å². The number of benzene rings is 1. The van der Waals surface area contributed by atoms with Crippen molar-refractivity contribution in [2.45, 2.75) is 39.2 Å². The zero-order valence-corrected chi connectivity index (χ0v) is 12.6. The van der Waals surface area contributed by atoms with Crippen LogP contribution in [0.2, 0.25) is 0 Å². The molecule has 0 bridgehead atoms. The van der Waals surface area contributed by atoms with E-state index in [4.69, 9.17) is 0 Å². The summed E-state index contributed by atoms with van der Waals surface area (Å²) in [6.07, 6.45) is 4.35. The van der Waals surface area contributed by atoms with Crippen molar-refractivity contribution < 1.29 is 4.57 Å². The first-order valence-electron chi connectivity index (χ1n) is 7.46. The largest absolute Gasteiger partial charge is 0.216 e. The van der Waals surface area contributed by atoms with E-state index in [2.05, 4.69) is 74.5 Å². The highest BCUT2D eigenvalue weighted by molar-refractivity contribution is 5.83. The number of nitrogens with zero attached hydrogens (tertiary/aromatic N) is 1. The minimum atomic E-state index is 0.00963. The molecule has 0 N–H and O–H groups in total. The third kappa shape index (κ3) is 1.53. The summed E-state index contributed by atoms with van der Waals surface area (Å²) >= 11 is 0. The highest BCUT2D eigenvalue weighted by Gasteiger charge is 2.46. The highest BCUT2D eigenvalue weighted by Crippen LogP contribution is 2.43. The Kier molecular flexibility index (Phi) is 3.01. The normalized spacial score (nSPS) is 15.7. The zero-order chi connectivity index (χ0) is 14.3. The molecule has 1 aliphatic heterocycles. The third-order valence-electron chi connectivity index (χ3n) is 4.90. The first kappa shape index (κ1) is 13.1. The van der Waals surface area contributed by atoms with Crippen LogP contribution in [0.4, 0.5) is 0 Å². The summed E-state index contributed by atoms with van der Waals surface area (Å²) in [4.78, 5) is 0. The van der Waals surface area contributed by atoms with Crippen LogP contribution in [0, 0.1) is 6.92 Å². The number of allylic oxidation sites excluding steroid dienone is 1. The molecule has 20 heavy (non-hydrogen) atoms. The molecule has 102 valence electrons. The SMILES string of the molecule is C=C1c2ccccc2-c2c(C)ccc[n+]2C1(CC)CC. The molecule has 0 unspecified atom stereocenters. The molecule has 2 heterocycles. The van der Waals surface area contributed by atoms with E-state index < -0.39 is 0 Å². The number of hydrogen-bond acceptors (Lipinski definition) is 0. The van der Waals surface area contributed by atoms with Crippen molar-refractivity contribution in [3.05, 3.63) is 60.3 Å². The summed E-state index contributed by atoms with van der Waals surface area (Å²) in [6.45, 7) is 11.2. The minimum Gasteiger partial charge on any atom is -0.188 e. The van der Waals surface area contributed by atoms with Gasteiger partial charge in [0.25, 0.3) is 0 Å². The van der Waals surface area contributed by atoms with Crippen molar-refractivity contribution in [2.24, 2.45) is 0 Å². The monoisotopic (exact) mass is 264 g/mol. The van der Waals surface area contributed by atoms with Crippen molar-refractivity contribution >= 4 is 5.57 Å². The van der Waals surface area contributed by atoms with Crippen molar-refractivity contribution in [1.82, 2.24) is 0 Å². The Hall–Kier alpha value is -1.89. The smallest absolute Gasteiger partial charge is 0.188 e. The molecule has 1 heteroatoms. The molecule has 1 aromatic carbocycles. The zero-order valence-electron chi connectivity index (χ0n) is 12.6. The van der Waals surface area contributed by atoms with Crippen LogP contribution in [0.1, 0.15) is 37.8 Å². The van der Waals surface area contributed by atoms with Crippen LogP contribution in [0.5, 0.6) is 0 Å². The maximum absolute atomic E-state index is 4.46. The Balaban J connectivity index is 2.44. The lowest BCUT2D eigenvalue weighted by Gasteiger charge is -2.35. The van der Waals surface area contributed by atoms with Crippen LogP contribution in [-0.4, -0.2) is 0 Å². The Bertz CT molecular complexity index is 678. The van der Waals surface area contributed by atoms with Crippen molar-refractivity contribution in [3.8, 4) is 11.3 Å². The fraction of sp³-hybridized carbons (Fsp3) is 0.316. The second kappa shape index (κ2) is 4.59. The van der Waals surface area contributed by atoms with Gasteiger partial charge in [0.15, 0.2) is 11.7 Å². The Labute approximate surface area is 121 Å². The molecule has 0 spiro atoms. The predicted molar refractivity (Wildman–Crippen MR) is 84.4 cm³/mol. The molecule has 0 amide bonds. The molecule has 0 aliphatic carbocycles. The average molecular weight is 264 g/mol. The van der Waals surface area contributed by atoms with Gasteiger partial charge in [0, 0.05) is 30.0 Å². The van der Waals surface area contributed by atoms with Gasteiger partial charge in [-0.15, -0.1) is 0 Å². The van der Waals surface area contributed by atoms with E-state index in [0.717, 1.165) is 12.8 Å². The summed E-state index contributed by atoms with van der Waals surface area (Å²) < 4.78 is 2.45. The summed E-state index contributed by atoms with van der Waals surface area (Å²) in [5, 5.41) is 0. The summed E-state index contributed by atoms with van der Waals surface area (Å²) in [6, 6.07) is 13.0. The Morgan fingerprint density at radius 1 is 1.00 bits per heavy atom. The van der Waals surface area contributed by atoms with Gasteiger partial charge >= 0.3 is 0 Å². The molecule has 0 radical (unpaired) electrons. The van der Waals surface area contributed by atoms with Gasteiger partial charge in [-0.3, -0.25) is 0 Å². The van der Waals surface area contributed by atoms with Gasteiger partial charge in [-0.2, -0.15) is 4.57 Å². The highest BCUT2D eigenvalue weighted by atomic mass is 15.1. The van der Waals surface area contributed by atoms with Crippen LogP contribution < -0.4 is 4.57 Å². The van der Waals surface area contributed by atoms with Crippen LogP contribution in [0.15, 0.2) is 49.2 Å². The van der Waals surface area contributed by atoms with Gasteiger partial charge in [-0.05, 0) is 24.6 Å². The van der Waals surface area contributed by atoms with Crippen molar-refractivity contribution in [1.29, 1.82) is 0 Å². The number of fused-ring (bicyclic) bond motifs is 3. The quantitative estimate of drug-likeness (QED) is 0.704. The topological polar surface area (TPSA) is 3.88 Å². The Morgan fingerprint density at radius 3 is 2.30 bits per heavy atom. The third-order valence-corrected chi connectivity index (χ3v) is 4.90. The van der Waals surface area contributed by atoms with E-state index in [9.17, 15) is 0 Å². The van der Waals surface area contributed by atoms with Gasteiger partial charge in [0.05, 0.1) is 5.56 Å². The molecular weight excluding hydrogens is 242 g/mol. The molecule has 0 saturated carbocycles. The van der Waals surface area contributed by atoms with Gasteiger partial charge in [0.2, 0.25) is 5.69 Å². The summed E-state index contributed by atoms with van der Waals surface area (Å²) in [7, 11) is 0. The summed E-state index contributed by atoms with van der Waals surface area (Å²) in [5.74, 6) is 0. The molecule has 0 atom stereocenters. The van der Waals surface area contributed by atoms with Gasteiger partial charge in [-0.1, -0.05) is 38.6 Å². The lowest BCUT2D eigenvalue weighted by molar-refractivity contribution is -0.741. The second-order valence-corrected chi connectivity index (χ2v) is 5.67. The number of pyridine rings is 1. The first-order valence-corrected chi connectivity index (χ1v) is 7.46. The van der Waals surface area contributed by atoms with Crippen LogP contribution in [0.3, 0.4) is 0 Å².